The summed E-state index contributed by atoms with van der Waals surface area (Å²) in [5.41, 5.74) is -0.134. The monoisotopic (exact) mass is 484 g/mol. The van der Waals surface area contributed by atoms with Crippen LogP contribution in [0, 0.1) is 0 Å². The van der Waals surface area contributed by atoms with Gasteiger partial charge in [-0.3, -0.25) is 0 Å². The van der Waals surface area contributed by atoms with Crippen molar-refractivity contribution in [2.24, 2.45) is 0 Å². The summed E-state index contributed by atoms with van der Waals surface area (Å²) >= 11 is 0. The average Bonchev–Trinajstić information content (AvgIpc) is 2.40. The van der Waals surface area contributed by atoms with Gasteiger partial charge in [-0.05, 0) is 24.3 Å². The van der Waals surface area contributed by atoms with Crippen LogP contribution in [-0.4, -0.2) is 59.7 Å². The van der Waals surface area contributed by atoms with Gasteiger partial charge < -0.3 is 20.4 Å². The fourth-order valence-electron chi connectivity index (χ4n) is 1.31. The van der Waals surface area contributed by atoms with Crippen molar-refractivity contribution in [2.75, 3.05) is 0 Å². The van der Waals surface area contributed by atoms with Crippen LogP contribution in [0.5, 0.6) is 11.5 Å². The Balaban J connectivity index is 0.000000364. The number of phenols is 2. The smallest absolute Gasteiger partial charge is 0.339 e. The Kier molecular flexibility index (Phi) is 8.06. The molecule has 0 saturated carbocycles. The second kappa shape index (κ2) is 8.95. The van der Waals surface area contributed by atoms with Gasteiger partial charge >= 0.3 is 11.9 Å². The molecule has 0 unspecified atom stereocenters. The maximum Gasteiger partial charge on any atom is 0.339 e. The topological polar surface area (TPSA) is 115 Å². The van der Waals surface area contributed by atoms with Crippen molar-refractivity contribution in [1.82, 2.24) is 0 Å². The number of rotatable bonds is 2. The average molecular weight is 483 g/mol. The van der Waals surface area contributed by atoms with E-state index in [1.165, 1.54) is 24.3 Å². The van der Waals surface area contributed by atoms with E-state index in [1.54, 1.807) is 24.3 Å². The van der Waals surface area contributed by atoms with Gasteiger partial charge in [-0.25, -0.2) is 9.59 Å². The van der Waals surface area contributed by atoms with Crippen molar-refractivity contribution in [2.45, 2.75) is 0 Å². The molecule has 0 fully saturated rings. The van der Waals surface area contributed by atoms with E-state index in [4.69, 9.17) is 20.4 Å². The predicted molar refractivity (Wildman–Crippen MR) is 75.9 cm³/mol. The van der Waals surface area contributed by atoms with Crippen LogP contribution >= 0.6 is 0 Å². The van der Waals surface area contributed by atoms with Crippen molar-refractivity contribution in [3.8, 4) is 11.5 Å². The van der Waals surface area contributed by atoms with Crippen LogP contribution in [0.3, 0.4) is 0 Å². The van der Waals surface area contributed by atoms with Gasteiger partial charge in [0.25, 0.3) is 0 Å². The molecule has 6 nitrogen and oxygen atoms in total. The number of aromatic carboxylic acids is 2. The van der Waals surface area contributed by atoms with Crippen molar-refractivity contribution >= 4 is 39.2 Å². The SMILES string of the molecule is O=C(O)c1ccccc1O.O=C(O)c1ccccc1O.[Pb]. The molecule has 0 atom stereocenters. The summed E-state index contributed by atoms with van der Waals surface area (Å²) in [4.78, 5) is 20.5. The van der Waals surface area contributed by atoms with Gasteiger partial charge in [0.2, 0.25) is 0 Å². The normalized spacial score (nSPS) is 8.76. The molecule has 4 N–H and O–H groups in total. The fraction of sp³-hybridized carbons (Fsp3) is 0. The molecule has 0 aliphatic heterocycles. The predicted octanol–water partition coefficient (Wildman–Crippen LogP) is 1.80. The number of carbonyl (C=O) groups is 2. The fourth-order valence-corrected chi connectivity index (χ4v) is 1.31. The molecule has 0 aliphatic rings. The molecule has 0 amide bonds. The third kappa shape index (κ3) is 5.81. The second-order valence-electron chi connectivity index (χ2n) is 3.64. The molecular weight excluding hydrogens is 471 g/mol. The van der Waals surface area contributed by atoms with Crippen LogP contribution < -0.4 is 0 Å². The van der Waals surface area contributed by atoms with Gasteiger partial charge in [0.15, 0.2) is 0 Å². The van der Waals surface area contributed by atoms with E-state index in [0.717, 1.165) is 0 Å². The van der Waals surface area contributed by atoms with E-state index in [0.29, 0.717) is 0 Å². The summed E-state index contributed by atoms with van der Waals surface area (Å²) in [6.45, 7) is 0. The Morgan fingerprint density at radius 3 is 1.14 bits per heavy atom. The molecule has 0 saturated heterocycles. The number of para-hydroxylation sites is 2. The minimum atomic E-state index is -1.11. The van der Waals surface area contributed by atoms with Crippen molar-refractivity contribution < 1.29 is 30.0 Å². The maximum absolute atomic E-state index is 10.3. The Bertz CT molecular complexity index is 571. The zero-order valence-corrected chi connectivity index (χ0v) is 14.6. The van der Waals surface area contributed by atoms with Gasteiger partial charge in [0.1, 0.15) is 22.6 Å². The van der Waals surface area contributed by atoms with E-state index in [1.807, 2.05) is 0 Å². The molecule has 21 heavy (non-hydrogen) atoms. The first-order valence-corrected chi connectivity index (χ1v) is 5.46. The number of carboxylic acids is 2. The van der Waals surface area contributed by atoms with E-state index in [-0.39, 0.29) is 49.9 Å². The van der Waals surface area contributed by atoms with E-state index in [9.17, 15) is 9.59 Å². The van der Waals surface area contributed by atoms with Gasteiger partial charge in [-0.2, -0.15) is 0 Å². The van der Waals surface area contributed by atoms with E-state index >= 15 is 0 Å². The first-order valence-electron chi connectivity index (χ1n) is 5.46. The van der Waals surface area contributed by atoms with Crippen molar-refractivity contribution in [1.29, 1.82) is 0 Å². The molecule has 0 aromatic heterocycles. The van der Waals surface area contributed by atoms with Crippen LogP contribution in [0.25, 0.3) is 0 Å². The molecule has 0 spiro atoms. The van der Waals surface area contributed by atoms with Crippen LogP contribution in [0.4, 0.5) is 0 Å². The zero-order chi connectivity index (χ0) is 15.1. The largest absolute Gasteiger partial charge is 0.507 e. The maximum atomic E-state index is 10.3. The van der Waals surface area contributed by atoms with Crippen LogP contribution in [0.2, 0.25) is 0 Å². The minimum absolute atomic E-state index is 0. The third-order valence-corrected chi connectivity index (χ3v) is 2.27. The standard InChI is InChI=1S/2C7H6O3.Pb/c2*8-6-4-2-1-3-5(6)7(9)10;/h2*1-4,8H,(H,9,10);. The van der Waals surface area contributed by atoms with Gasteiger partial charge in [0.05, 0.1) is 0 Å². The molecule has 0 heterocycles. The molecule has 2 aromatic rings. The van der Waals surface area contributed by atoms with Crippen LogP contribution in [-0.2, 0) is 0 Å². The Hall–Kier alpha value is -2.10. The second-order valence-corrected chi connectivity index (χ2v) is 3.64. The molecule has 0 bridgehead atoms. The molecular formula is C14H12O6Pb. The van der Waals surface area contributed by atoms with Gasteiger partial charge in [-0.15, -0.1) is 0 Å². The van der Waals surface area contributed by atoms with Gasteiger partial charge in [-0.1, -0.05) is 24.3 Å². The van der Waals surface area contributed by atoms with Crippen LogP contribution in [0.1, 0.15) is 20.7 Å². The molecule has 7 heteroatoms. The first kappa shape index (κ1) is 18.9. The van der Waals surface area contributed by atoms with E-state index < -0.39 is 11.9 Å². The Labute approximate surface area is 140 Å². The number of benzene rings is 2. The zero-order valence-electron chi connectivity index (χ0n) is 10.7. The summed E-state index contributed by atoms with van der Waals surface area (Å²) in [7, 11) is 0. The Morgan fingerprint density at radius 2 is 0.952 bits per heavy atom. The third-order valence-electron chi connectivity index (χ3n) is 2.27. The summed E-state index contributed by atoms with van der Waals surface area (Å²) in [6, 6.07) is 11.6. The number of carboxylic acid groups (broad SMARTS) is 2. The summed E-state index contributed by atoms with van der Waals surface area (Å²) < 4.78 is 0. The van der Waals surface area contributed by atoms with Crippen LogP contribution in [0.15, 0.2) is 48.5 Å². The molecule has 2 rings (SSSR count). The number of hydrogen-bond acceptors (Lipinski definition) is 4. The number of aromatic hydroxyl groups is 2. The molecule has 108 valence electrons. The summed E-state index contributed by atoms with van der Waals surface area (Å²) in [5.74, 6) is -2.62. The number of hydrogen-bond donors (Lipinski definition) is 4. The van der Waals surface area contributed by atoms with E-state index in [2.05, 4.69) is 0 Å². The van der Waals surface area contributed by atoms with Crippen molar-refractivity contribution in [3.63, 3.8) is 0 Å². The Morgan fingerprint density at radius 1 is 0.667 bits per heavy atom. The van der Waals surface area contributed by atoms with Gasteiger partial charge in [0, 0.05) is 27.3 Å². The molecule has 2 aromatic carbocycles. The van der Waals surface area contributed by atoms with Crippen molar-refractivity contribution in [3.05, 3.63) is 59.7 Å². The molecule has 4 radical (unpaired) electrons. The first-order chi connectivity index (χ1) is 9.43. The summed E-state index contributed by atoms with van der Waals surface area (Å²) in [6.07, 6.45) is 0. The summed E-state index contributed by atoms with van der Waals surface area (Å²) in [5, 5.41) is 34.6. The minimum Gasteiger partial charge on any atom is -0.507 e. The molecule has 0 aliphatic carbocycles. The quantitative estimate of drug-likeness (QED) is 0.485.